The lowest BCUT2D eigenvalue weighted by molar-refractivity contribution is -0.108. The van der Waals surface area contributed by atoms with Crippen LogP contribution in [0.1, 0.15) is 36.5 Å². The van der Waals surface area contributed by atoms with E-state index < -0.39 is 11.7 Å². The number of aromatic nitrogens is 1. The van der Waals surface area contributed by atoms with Gasteiger partial charge < -0.3 is 24.1 Å². The maximum Gasteiger partial charge on any atom is 0.260 e. The molecule has 26 heavy (non-hydrogen) atoms. The maximum absolute atomic E-state index is 12.5. The van der Waals surface area contributed by atoms with E-state index in [4.69, 9.17) is 14.2 Å². The molecule has 0 saturated carbocycles. The number of rotatable bonds is 10. The fourth-order valence-electron chi connectivity index (χ4n) is 2.67. The Hall–Kier alpha value is -2.80. The first-order valence-corrected chi connectivity index (χ1v) is 8.28. The molecule has 0 aliphatic heterocycles. The molecule has 0 amide bonds. The van der Waals surface area contributed by atoms with Gasteiger partial charge in [-0.05, 0) is 18.4 Å². The molecule has 1 heterocycles. The van der Waals surface area contributed by atoms with Crippen molar-refractivity contribution in [3.05, 3.63) is 51.8 Å². The predicted molar refractivity (Wildman–Crippen MR) is 95.7 cm³/mol. The highest BCUT2D eigenvalue weighted by Crippen LogP contribution is 2.39. The van der Waals surface area contributed by atoms with Crippen LogP contribution >= 0.6 is 0 Å². The number of aldehydes is 1. The van der Waals surface area contributed by atoms with Crippen molar-refractivity contribution in [1.82, 2.24) is 4.98 Å². The number of pyridine rings is 1. The third-order valence-corrected chi connectivity index (χ3v) is 3.96. The number of H-pyrrole nitrogens is 1. The molecule has 1 aromatic heterocycles. The van der Waals surface area contributed by atoms with Crippen LogP contribution in [0.3, 0.4) is 0 Å². The van der Waals surface area contributed by atoms with E-state index in [2.05, 4.69) is 4.98 Å². The van der Waals surface area contributed by atoms with Gasteiger partial charge in [-0.2, -0.15) is 0 Å². The van der Waals surface area contributed by atoms with Gasteiger partial charge in [0, 0.05) is 6.42 Å². The van der Waals surface area contributed by atoms with Crippen molar-refractivity contribution >= 4 is 6.29 Å². The van der Waals surface area contributed by atoms with Crippen molar-refractivity contribution in [3.8, 4) is 17.4 Å². The van der Waals surface area contributed by atoms with Crippen LogP contribution in [-0.2, 0) is 16.1 Å². The molecule has 0 radical (unpaired) electrons. The second-order valence-corrected chi connectivity index (χ2v) is 5.67. The summed E-state index contributed by atoms with van der Waals surface area (Å²) in [7, 11) is 2.73. The molecule has 1 aromatic carbocycles. The highest BCUT2D eigenvalue weighted by Gasteiger charge is 2.26. The Morgan fingerprint density at radius 2 is 1.92 bits per heavy atom. The highest BCUT2D eigenvalue weighted by molar-refractivity contribution is 5.51. The summed E-state index contributed by atoms with van der Waals surface area (Å²) in [6.07, 6.45) is 1.39. The molecule has 2 rings (SSSR count). The van der Waals surface area contributed by atoms with Gasteiger partial charge in [-0.3, -0.25) is 9.78 Å². The number of methoxy groups -OCH3 is 2. The molecular weight excluding hydrogens is 338 g/mol. The summed E-state index contributed by atoms with van der Waals surface area (Å²) < 4.78 is 16.1. The Balaban J connectivity index is 2.34. The number of nitrogens with one attached hydrogen (secondary N) is 1. The summed E-state index contributed by atoms with van der Waals surface area (Å²) in [6.45, 7) is 0.264. The van der Waals surface area contributed by atoms with Crippen LogP contribution in [0.5, 0.6) is 17.4 Å². The number of aromatic amines is 1. The van der Waals surface area contributed by atoms with E-state index in [0.29, 0.717) is 19.3 Å². The Labute approximate surface area is 151 Å². The Bertz CT molecular complexity index is 772. The lowest BCUT2D eigenvalue weighted by Gasteiger charge is -2.20. The molecule has 7 heteroatoms. The van der Waals surface area contributed by atoms with Gasteiger partial charge in [0.25, 0.3) is 5.56 Å². The molecule has 2 aromatic rings. The number of unbranched alkanes of at least 4 members (excludes halogenated alkanes) is 1. The van der Waals surface area contributed by atoms with Crippen molar-refractivity contribution < 1.29 is 24.1 Å². The summed E-state index contributed by atoms with van der Waals surface area (Å²) in [5.74, 6) is -0.253. The van der Waals surface area contributed by atoms with Crippen LogP contribution < -0.4 is 15.0 Å². The lowest BCUT2D eigenvalue weighted by Crippen LogP contribution is -2.20. The largest absolute Gasteiger partial charge is 0.504 e. The predicted octanol–water partition coefficient (Wildman–Crippen LogP) is 2.72. The lowest BCUT2D eigenvalue weighted by atomic mass is 10.0. The molecule has 1 atom stereocenters. The van der Waals surface area contributed by atoms with Gasteiger partial charge in [0.2, 0.25) is 11.6 Å². The Morgan fingerprint density at radius 1 is 1.19 bits per heavy atom. The second kappa shape index (κ2) is 9.62. The fourth-order valence-corrected chi connectivity index (χ4v) is 2.67. The van der Waals surface area contributed by atoms with Gasteiger partial charge in [0.1, 0.15) is 6.29 Å². The molecule has 7 nitrogen and oxygen atoms in total. The van der Waals surface area contributed by atoms with Gasteiger partial charge >= 0.3 is 0 Å². The minimum atomic E-state index is -0.696. The molecule has 0 spiro atoms. The topological polar surface area (TPSA) is 97.9 Å². The van der Waals surface area contributed by atoms with Crippen LogP contribution in [0.15, 0.2) is 35.1 Å². The number of carbonyl (C=O) groups excluding carboxylic acids is 1. The van der Waals surface area contributed by atoms with Crippen molar-refractivity contribution in [2.75, 3.05) is 14.2 Å². The molecular formula is C19H23NO6. The minimum absolute atomic E-state index is 0.0331. The fraction of sp³-hybridized carbons (Fsp3) is 0.368. The maximum atomic E-state index is 12.5. The van der Waals surface area contributed by atoms with Crippen molar-refractivity contribution in [3.63, 3.8) is 0 Å². The quantitative estimate of drug-likeness (QED) is 0.499. The number of hydrogen-bond donors (Lipinski definition) is 2. The van der Waals surface area contributed by atoms with Gasteiger partial charge in [-0.25, -0.2) is 0 Å². The number of benzene rings is 1. The minimum Gasteiger partial charge on any atom is -0.504 e. The van der Waals surface area contributed by atoms with Crippen LogP contribution in [0.2, 0.25) is 0 Å². The molecule has 140 valence electrons. The molecule has 0 aliphatic carbocycles. The van der Waals surface area contributed by atoms with Crippen LogP contribution in [0.25, 0.3) is 0 Å². The second-order valence-electron chi connectivity index (χ2n) is 5.67. The smallest absolute Gasteiger partial charge is 0.260 e. The van der Waals surface area contributed by atoms with E-state index in [-0.39, 0.29) is 29.5 Å². The first-order chi connectivity index (χ1) is 12.6. The highest BCUT2D eigenvalue weighted by atomic mass is 16.5. The summed E-state index contributed by atoms with van der Waals surface area (Å²) in [6, 6.07) is 9.49. The SMILES string of the molecule is COc1[nH]c(=O)c([C@H](CCCC=O)OCc2ccccc2)c(O)c1OC. The van der Waals surface area contributed by atoms with Crippen molar-refractivity contribution in [1.29, 1.82) is 0 Å². The molecule has 0 bridgehead atoms. The van der Waals surface area contributed by atoms with Crippen molar-refractivity contribution in [2.45, 2.75) is 32.0 Å². The van der Waals surface area contributed by atoms with E-state index in [1.165, 1.54) is 14.2 Å². The number of ether oxygens (including phenoxy) is 3. The first kappa shape index (κ1) is 19.5. The van der Waals surface area contributed by atoms with Gasteiger partial charge in [0.05, 0.1) is 32.5 Å². The first-order valence-electron chi connectivity index (χ1n) is 8.28. The third-order valence-electron chi connectivity index (χ3n) is 3.96. The third kappa shape index (κ3) is 4.64. The normalized spacial score (nSPS) is 11.8. The summed E-state index contributed by atoms with van der Waals surface area (Å²) in [4.78, 5) is 25.6. The number of carbonyl (C=O) groups is 1. The van der Waals surface area contributed by atoms with E-state index in [1.54, 1.807) is 0 Å². The van der Waals surface area contributed by atoms with E-state index in [0.717, 1.165) is 11.8 Å². The molecule has 2 N–H and O–H groups in total. The zero-order valence-electron chi connectivity index (χ0n) is 14.9. The van der Waals surface area contributed by atoms with Crippen LogP contribution in [0, 0.1) is 0 Å². The monoisotopic (exact) mass is 361 g/mol. The van der Waals surface area contributed by atoms with Gasteiger partial charge in [0.15, 0.2) is 5.75 Å². The van der Waals surface area contributed by atoms with E-state index in [1.807, 2.05) is 30.3 Å². The zero-order valence-corrected chi connectivity index (χ0v) is 14.9. The average Bonchev–Trinajstić information content (AvgIpc) is 2.66. The Kier molecular flexibility index (Phi) is 7.23. The average molecular weight is 361 g/mol. The van der Waals surface area contributed by atoms with Crippen LogP contribution in [0.4, 0.5) is 0 Å². The van der Waals surface area contributed by atoms with E-state index in [9.17, 15) is 14.7 Å². The molecule has 0 fully saturated rings. The number of aromatic hydroxyl groups is 1. The molecule has 0 unspecified atom stereocenters. The van der Waals surface area contributed by atoms with Gasteiger partial charge in [-0.1, -0.05) is 30.3 Å². The number of hydrogen-bond acceptors (Lipinski definition) is 6. The molecule has 0 saturated heterocycles. The van der Waals surface area contributed by atoms with Crippen LogP contribution in [-0.4, -0.2) is 30.6 Å². The Morgan fingerprint density at radius 3 is 2.54 bits per heavy atom. The zero-order chi connectivity index (χ0) is 18.9. The van der Waals surface area contributed by atoms with E-state index >= 15 is 0 Å². The standard InChI is InChI=1S/C19H23NO6/c1-24-17-16(22)15(18(23)20-19(17)25-2)14(10-6-7-11-21)26-12-13-8-4-3-5-9-13/h3-5,8-9,11,14H,6-7,10,12H2,1-2H3,(H2,20,22,23)/t14-/m0/s1. The van der Waals surface area contributed by atoms with Crippen molar-refractivity contribution in [2.24, 2.45) is 0 Å². The van der Waals surface area contributed by atoms with Gasteiger partial charge in [-0.15, -0.1) is 0 Å². The molecule has 0 aliphatic rings. The summed E-state index contributed by atoms with van der Waals surface area (Å²) in [5, 5.41) is 10.5. The summed E-state index contributed by atoms with van der Waals surface area (Å²) >= 11 is 0. The summed E-state index contributed by atoms with van der Waals surface area (Å²) in [5.41, 5.74) is 0.470.